The van der Waals surface area contributed by atoms with Gasteiger partial charge in [-0.15, -0.1) is 0 Å². The summed E-state index contributed by atoms with van der Waals surface area (Å²) in [5, 5.41) is 8.77. The van der Waals surface area contributed by atoms with E-state index in [4.69, 9.17) is 26.2 Å². The molecule has 0 radical (unpaired) electrons. The molecule has 1 aliphatic heterocycles. The molecule has 0 spiro atoms. The minimum atomic E-state index is -1.06. The highest BCUT2D eigenvalue weighted by atomic mass is 35.5. The number of amides is 2. The van der Waals surface area contributed by atoms with E-state index in [1.165, 1.54) is 32.2 Å². The first-order valence-corrected chi connectivity index (χ1v) is 11.6. The molecule has 0 unspecified atom stereocenters. The number of halogens is 1. The van der Waals surface area contributed by atoms with E-state index < -0.39 is 29.1 Å². The molecule has 11 heteroatoms. The molecule has 1 aliphatic rings. The van der Waals surface area contributed by atoms with Crippen LogP contribution in [0.15, 0.2) is 41.3 Å². The fourth-order valence-corrected chi connectivity index (χ4v) is 4.45. The number of rotatable bonds is 9. The highest BCUT2D eigenvalue weighted by molar-refractivity contribution is 8.18. The SMILES string of the molecule is CCOc1cc(/C=C2/SC(=O)N([C@H](C)C(=O)OC)C2=O)cc(Cl)c1OCc1cccc(C(=O)O)c1. The molecule has 1 saturated heterocycles. The molecule has 0 aromatic heterocycles. The Labute approximate surface area is 210 Å². The minimum Gasteiger partial charge on any atom is -0.490 e. The molecule has 1 fully saturated rings. The largest absolute Gasteiger partial charge is 0.490 e. The Morgan fingerprint density at radius 1 is 1.20 bits per heavy atom. The van der Waals surface area contributed by atoms with E-state index in [1.54, 1.807) is 31.2 Å². The van der Waals surface area contributed by atoms with Crippen LogP contribution in [0.1, 0.15) is 35.3 Å². The highest BCUT2D eigenvalue weighted by Gasteiger charge is 2.41. The van der Waals surface area contributed by atoms with E-state index in [9.17, 15) is 19.2 Å². The molecule has 2 amide bonds. The number of thioether (sulfide) groups is 1. The van der Waals surface area contributed by atoms with E-state index in [0.29, 0.717) is 35.2 Å². The molecule has 35 heavy (non-hydrogen) atoms. The number of esters is 1. The number of ether oxygens (including phenoxy) is 3. The van der Waals surface area contributed by atoms with Crippen LogP contribution in [0.2, 0.25) is 5.02 Å². The van der Waals surface area contributed by atoms with Gasteiger partial charge < -0.3 is 19.3 Å². The maximum absolute atomic E-state index is 12.8. The molecule has 184 valence electrons. The third-order valence-corrected chi connectivity index (χ3v) is 6.10. The van der Waals surface area contributed by atoms with Gasteiger partial charge in [-0.05, 0) is 67.1 Å². The van der Waals surface area contributed by atoms with Gasteiger partial charge in [-0.2, -0.15) is 0 Å². The van der Waals surface area contributed by atoms with Crippen molar-refractivity contribution in [1.82, 2.24) is 4.90 Å². The first-order valence-electron chi connectivity index (χ1n) is 10.4. The molecular formula is C24H22ClNO8S. The first kappa shape index (κ1) is 26.1. The van der Waals surface area contributed by atoms with Gasteiger partial charge in [0.05, 0.1) is 29.2 Å². The van der Waals surface area contributed by atoms with Crippen molar-refractivity contribution in [2.24, 2.45) is 0 Å². The van der Waals surface area contributed by atoms with Gasteiger partial charge in [-0.25, -0.2) is 9.59 Å². The van der Waals surface area contributed by atoms with Crippen molar-refractivity contribution < 1.29 is 38.5 Å². The Kier molecular flexibility index (Phi) is 8.42. The molecule has 2 aromatic rings. The van der Waals surface area contributed by atoms with Gasteiger partial charge in [-0.3, -0.25) is 14.5 Å². The number of carboxylic acid groups (broad SMARTS) is 1. The van der Waals surface area contributed by atoms with Gasteiger partial charge in [0, 0.05) is 0 Å². The lowest BCUT2D eigenvalue weighted by molar-refractivity contribution is -0.148. The van der Waals surface area contributed by atoms with E-state index in [-0.39, 0.29) is 27.8 Å². The summed E-state index contributed by atoms with van der Waals surface area (Å²) >= 11 is 7.15. The second-order valence-electron chi connectivity index (χ2n) is 7.31. The number of hydrogen-bond acceptors (Lipinski definition) is 8. The first-order chi connectivity index (χ1) is 16.7. The van der Waals surface area contributed by atoms with Crippen LogP contribution in [0.4, 0.5) is 4.79 Å². The third-order valence-electron chi connectivity index (χ3n) is 4.94. The molecule has 1 N–H and O–H groups in total. The van der Waals surface area contributed by atoms with Crippen molar-refractivity contribution in [2.75, 3.05) is 13.7 Å². The number of nitrogens with zero attached hydrogens (tertiary/aromatic N) is 1. The predicted molar refractivity (Wildman–Crippen MR) is 130 cm³/mol. The summed E-state index contributed by atoms with van der Waals surface area (Å²) in [6, 6.07) is 8.41. The lowest BCUT2D eigenvalue weighted by atomic mass is 10.1. The number of carboxylic acids is 1. The molecule has 3 rings (SSSR count). The van der Waals surface area contributed by atoms with Crippen LogP contribution in [0.3, 0.4) is 0 Å². The van der Waals surface area contributed by atoms with Gasteiger partial charge in [-0.1, -0.05) is 23.7 Å². The third kappa shape index (κ3) is 5.95. The fourth-order valence-electron chi connectivity index (χ4n) is 3.26. The number of imide groups is 1. The van der Waals surface area contributed by atoms with E-state index in [1.807, 2.05) is 0 Å². The molecule has 1 atom stereocenters. The Morgan fingerprint density at radius 3 is 2.60 bits per heavy atom. The topological polar surface area (TPSA) is 119 Å². The fraction of sp³-hybridized carbons (Fsp3) is 0.250. The summed E-state index contributed by atoms with van der Waals surface area (Å²) in [7, 11) is 1.18. The maximum atomic E-state index is 12.8. The lowest BCUT2D eigenvalue weighted by Crippen LogP contribution is -2.42. The van der Waals surface area contributed by atoms with Gasteiger partial charge in [0.25, 0.3) is 11.1 Å². The molecule has 0 aliphatic carbocycles. The van der Waals surface area contributed by atoms with Crippen LogP contribution in [0.25, 0.3) is 6.08 Å². The monoisotopic (exact) mass is 519 g/mol. The Balaban J connectivity index is 1.86. The Morgan fingerprint density at radius 2 is 1.94 bits per heavy atom. The number of hydrogen-bond donors (Lipinski definition) is 1. The molecule has 9 nitrogen and oxygen atoms in total. The van der Waals surface area contributed by atoms with Gasteiger partial charge in [0.1, 0.15) is 12.6 Å². The summed E-state index contributed by atoms with van der Waals surface area (Å²) in [4.78, 5) is 49.0. The zero-order chi connectivity index (χ0) is 25.7. The standard InChI is InChI=1S/C24H22ClNO8S/c1-4-33-18-10-15(11-19-21(27)26(24(31)35-19)13(2)23(30)32-3)9-17(25)20(18)34-12-14-6-5-7-16(8-14)22(28)29/h5-11,13H,4,12H2,1-3H3,(H,28,29)/b19-11+/t13-/m1/s1. The van der Waals surface area contributed by atoms with Crippen LogP contribution in [0, 0.1) is 0 Å². The maximum Gasteiger partial charge on any atom is 0.335 e. The van der Waals surface area contributed by atoms with Gasteiger partial charge in [0.2, 0.25) is 0 Å². The van der Waals surface area contributed by atoms with Crippen molar-refractivity contribution in [3.8, 4) is 11.5 Å². The summed E-state index contributed by atoms with van der Waals surface area (Å²) in [5.41, 5.74) is 1.24. The van der Waals surface area contributed by atoms with Gasteiger partial charge >= 0.3 is 11.9 Å². The minimum absolute atomic E-state index is 0.0462. The summed E-state index contributed by atoms with van der Waals surface area (Å²) in [6.07, 6.45) is 1.48. The molecule has 1 heterocycles. The molecule has 2 aromatic carbocycles. The van der Waals surface area contributed by atoms with Crippen LogP contribution < -0.4 is 9.47 Å². The zero-order valence-corrected chi connectivity index (χ0v) is 20.6. The number of carbonyl (C=O) groups excluding carboxylic acids is 3. The normalized spacial score (nSPS) is 15.3. The highest BCUT2D eigenvalue weighted by Crippen LogP contribution is 2.40. The van der Waals surface area contributed by atoms with Crippen LogP contribution in [0.5, 0.6) is 11.5 Å². The summed E-state index contributed by atoms with van der Waals surface area (Å²) < 4.78 is 16.1. The predicted octanol–water partition coefficient (Wildman–Crippen LogP) is 4.61. The number of methoxy groups -OCH3 is 1. The van der Waals surface area contributed by atoms with E-state index in [2.05, 4.69) is 4.74 Å². The quantitative estimate of drug-likeness (QED) is 0.374. The molecule has 0 bridgehead atoms. The smallest absolute Gasteiger partial charge is 0.335 e. The molecule has 0 saturated carbocycles. The van der Waals surface area contributed by atoms with E-state index in [0.717, 1.165) is 4.90 Å². The van der Waals surface area contributed by atoms with Crippen molar-refractivity contribution >= 4 is 52.5 Å². The number of aromatic carboxylic acids is 1. The average molecular weight is 520 g/mol. The van der Waals surface area contributed by atoms with Crippen LogP contribution >= 0.6 is 23.4 Å². The van der Waals surface area contributed by atoms with Crippen molar-refractivity contribution in [3.63, 3.8) is 0 Å². The van der Waals surface area contributed by atoms with Crippen LogP contribution in [-0.2, 0) is 20.9 Å². The Hall–Kier alpha value is -3.50. The van der Waals surface area contributed by atoms with Crippen molar-refractivity contribution in [3.05, 3.63) is 63.0 Å². The second kappa shape index (κ2) is 11.3. The van der Waals surface area contributed by atoms with Crippen molar-refractivity contribution in [1.29, 1.82) is 0 Å². The second-order valence-corrected chi connectivity index (χ2v) is 8.71. The summed E-state index contributed by atoms with van der Waals surface area (Å²) in [6.45, 7) is 3.54. The summed E-state index contributed by atoms with van der Waals surface area (Å²) in [5.74, 6) is -1.81. The number of carbonyl (C=O) groups is 4. The zero-order valence-electron chi connectivity index (χ0n) is 19.1. The van der Waals surface area contributed by atoms with Crippen molar-refractivity contribution in [2.45, 2.75) is 26.5 Å². The average Bonchev–Trinajstić information content (AvgIpc) is 3.10. The Bertz CT molecular complexity index is 1210. The van der Waals surface area contributed by atoms with E-state index >= 15 is 0 Å². The lowest BCUT2D eigenvalue weighted by Gasteiger charge is -2.18. The van der Waals surface area contributed by atoms with Crippen LogP contribution in [-0.4, -0.2) is 52.8 Å². The van der Waals surface area contributed by atoms with Gasteiger partial charge in [0.15, 0.2) is 11.5 Å². The number of benzene rings is 2. The molecular weight excluding hydrogens is 498 g/mol.